The molecule has 0 N–H and O–H groups in total. The van der Waals surface area contributed by atoms with Gasteiger partial charge >= 0.3 is 0 Å². The van der Waals surface area contributed by atoms with Crippen molar-refractivity contribution in [1.82, 2.24) is 14.1 Å². The average molecular weight is 352 g/mol. The first-order chi connectivity index (χ1) is 11.5. The third-order valence-electron chi connectivity index (χ3n) is 5.27. The van der Waals surface area contributed by atoms with Crippen molar-refractivity contribution in [2.45, 2.75) is 19.4 Å². The quantitative estimate of drug-likeness (QED) is 0.806. The van der Waals surface area contributed by atoms with Gasteiger partial charge in [-0.2, -0.15) is 0 Å². The number of benzene rings is 1. The molecule has 0 atom stereocenters. The molecule has 3 rings (SSSR count). The van der Waals surface area contributed by atoms with Gasteiger partial charge in [0.15, 0.2) is 0 Å². The van der Waals surface area contributed by atoms with Crippen molar-refractivity contribution >= 4 is 10.0 Å². The van der Waals surface area contributed by atoms with Crippen LogP contribution in [-0.2, 0) is 16.6 Å². The highest BCUT2D eigenvalue weighted by molar-refractivity contribution is 7.88. The summed E-state index contributed by atoms with van der Waals surface area (Å²) in [6.45, 7) is 8.04. The molecule has 0 saturated carbocycles. The monoisotopic (exact) mass is 351 g/mol. The molecule has 6 heteroatoms. The zero-order chi connectivity index (χ0) is 17.0. The van der Waals surface area contributed by atoms with Gasteiger partial charge in [0.05, 0.1) is 6.26 Å². The van der Waals surface area contributed by atoms with Crippen molar-refractivity contribution in [2.75, 3.05) is 52.1 Å². The third kappa shape index (κ3) is 5.02. The summed E-state index contributed by atoms with van der Waals surface area (Å²) in [4.78, 5) is 5.08. The van der Waals surface area contributed by atoms with Gasteiger partial charge in [-0.25, -0.2) is 12.7 Å². The Hall–Kier alpha value is -0.950. The zero-order valence-corrected chi connectivity index (χ0v) is 15.4. The summed E-state index contributed by atoms with van der Waals surface area (Å²) in [6.07, 6.45) is 3.31. The molecule has 5 nitrogen and oxygen atoms in total. The highest BCUT2D eigenvalue weighted by Crippen LogP contribution is 2.21. The highest BCUT2D eigenvalue weighted by atomic mass is 32.2. The van der Waals surface area contributed by atoms with Crippen LogP contribution in [-0.4, -0.2) is 74.6 Å². The van der Waals surface area contributed by atoms with E-state index in [2.05, 4.69) is 40.1 Å². The molecule has 1 aromatic rings. The molecule has 2 heterocycles. The molecule has 0 aromatic heterocycles. The molecule has 0 aliphatic carbocycles. The summed E-state index contributed by atoms with van der Waals surface area (Å²) >= 11 is 0. The van der Waals surface area contributed by atoms with Crippen LogP contribution in [0.5, 0.6) is 0 Å². The summed E-state index contributed by atoms with van der Waals surface area (Å²) in [5.41, 5.74) is 1.39. The van der Waals surface area contributed by atoms with Crippen LogP contribution in [0.2, 0.25) is 0 Å². The second kappa shape index (κ2) is 7.95. The molecule has 2 aliphatic heterocycles. The van der Waals surface area contributed by atoms with Gasteiger partial charge in [0, 0.05) is 52.4 Å². The molecule has 0 unspecified atom stereocenters. The van der Waals surface area contributed by atoms with Crippen molar-refractivity contribution in [3.63, 3.8) is 0 Å². The molecule has 134 valence electrons. The van der Waals surface area contributed by atoms with Crippen LogP contribution < -0.4 is 0 Å². The topological polar surface area (TPSA) is 43.9 Å². The normalized spacial score (nSPS) is 22.7. The van der Waals surface area contributed by atoms with E-state index in [1.165, 1.54) is 11.8 Å². The maximum absolute atomic E-state index is 11.6. The molecule has 24 heavy (non-hydrogen) atoms. The van der Waals surface area contributed by atoms with Crippen molar-refractivity contribution < 1.29 is 8.42 Å². The summed E-state index contributed by atoms with van der Waals surface area (Å²) in [5, 5.41) is 0. The van der Waals surface area contributed by atoms with E-state index in [9.17, 15) is 8.42 Å². The minimum atomic E-state index is -3.01. The minimum absolute atomic E-state index is 0.642. The highest BCUT2D eigenvalue weighted by Gasteiger charge is 2.27. The van der Waals surface area contributed by atoms with E-state index in [0.717, 1.165) is 52.1 Å². The maximum Gasteiger partial charge on any atom is 0.211 e. The largest absolute Gasteiger partial charge is 0.301 e. The fourth-order valence-electron chi connectivity index (χ4n) is 3.76. The predicted octanol–water partition coefficient (Wildman–Crippen LogP) is 1.48. The lowest BCUT2D eigenvalue weighted by Crippen LogP contribution is -2.48. The molecule has 0 bridgehead atoms. The van der Waals surface area contributed by atoms with Crippen LogP contribution in [0.4, 0.5) is 0 Å². The number of hydrogen-bond donors (Lipinski definition) is 0. The lowest BCUT2D eigenvalue weighted by atomic mass is 9.97. The zero-order valence-electron chi connectivity index (χ0n) is 14.6. The second-order valence-corrected chi connectivity index (χ2v) is 9.15. The predicted molar refractivity (Wildman–Crippen MR) is 97.3 cm³/mol. The van der Waals surface area contributed by atoms with E-state index in [-0.39, 0.29) is 0 Å². The van der Waals surface area contributed by atoms with E-state index in [0.29, 0.717) is 19.0 Å². The number of rotatable bonds is 5. The Morgan fingerprint density at radius 1 is 0.917 bits per heavy atom. The summed E-state index contributed by atoms with van der Waals surface area (Å²) in [6, 6.07) is 10.7. The molecule has 2 saturated heterocycles. The van der Waals surface area contributed by atoms with Crippen molar-refractivity contribution in [3.8, 4) is 0 Å². The van der Waals surface area contributed by atoms with Gasteiger partial charge in [-0.3, -0.25) is 4.90 Å². The Morgan fingerprint density at radius 3 is 2.08 bits per heavy atom. The van der Waals surface area contributed by atoms with Gasteiger partial charge in [-0.15, -0.1) is 0 Å². The van der Waals surface area contributed by atoms with E-state index in [4.69, 9.17) is 0 Å². The van der Waals surface area contributed by atoms with Gasteiger partial charge in [0.2, 0.25) is 10.0 Å². The van der Waals surface area contributed by atoms with E-state index >= 15 is 0 Å². The lowest BCUT2D eigenvalue weighted by Gasteiger charge is -2.38. The lowest BCUT2D eigenvalue weighted by molar-refractivity contribution is 0.102. The van der Waals surface area contributed by atoms with Crippen LogP contribution in [0.1, 0.15) is 18.4 Å². The standard InChI is InChI=1S/C18H29N3O2S/c1-24(22,23)21-9-7-18(8-10-21)16-20-13-11-19(12-14-20)15-17-5-3-2-4-6-17/h2-6,18H,7-16H2,1H3. The number of piperazine rings is 1. The van der Waals surface area contributed by atoms with Crippen molar-refractivity contribution in [2.24, 2.45) is 5.92 Å². The Kier molecular flexibility index (Phi) is 5.92. The van der Waals surface area contributed by atoms with Gasteiger partial charge < -0.3 is 4.90 Å². The number of sulfonamides is 1. The Balaban J connectivity index is 1.39. The second-order valence-electron chi connectivity index (χ2n) is 7.17. The van der Waals surface area contributed by atoms with Crippen LogP contribution in [0, 0.1) is 5.92 Å². The Labute approximate surface area is 146 Å². The average Bonchev–Trinajstić information content (AvgIpc) is 2.57. The summed E-state index contributed by atoms with van der Waals surface area (Å²) in [5.74, 6) is 0.642. The molecular weight excluding hydrogens is 322 g/mol. The van der Waals surface area contributed by atoms with Crippen LogP contribution in [0.15, 0.2) is 30.3 Å². The van der Waals surface area contributed by atoms with Crippen LogP contribution >= 0.6 is 0 Å². The van der Waals surface area contributed by atoms with Gasteiger partial charge in [0.1, 0.15) is 0 Å². The fraction of sp³-hybridized carbons (Fsp3) is 0.667. The third-order valence-corrected chi connectivity index (χ3v) is 6.58. The Morgan fingerprint density at radius 2 is 1.50 bits per heavy atom. The van der Waals surface area contributed by atoms with Gasteiger partial charge in [-0.05, 0) is 24.3 Å². The summed E-state index contributed by atoms with van der Waals surface area (Å²) < 4.78 is 24.8. The molecular formula is C18H29N3O2S. The molecule has 0 amide bonds. The first kappa shape index (κ1) is 17.9. The van der Waals surface area contributed by atoms with E-state index in [1.54, 1.807) is 4.31 Å². The Bertz CT molecular complexity index is 604. The SMILES string of the molecule is CS(=O)(=O)N1CCC(CN2CCN(Cc3ccccc3)CC2)CC1. The van der Waals surface area contributed by atoms with E-state index < -0.39 is 10.0 Å². The molecule has 1 aromatic carbocycles. The molecule has 2 fully saturated rings. The minimum Gasteiger partial charge on any atom is -0.301 e. The number of hydrogen-bond acceptors (Lipinski definition) is 4. The first-order valence-corrected chi connectivity index (χ1v) is 10.8. The van der Waals surface area contributed by atoms with Gasteiger partial charge in [0.25, 0.3) is 0 Å². The first-order valence-electron chi connectivity index (χ1n) is 8.94. The van der Waals surface area contributed by atoms with Crippen LogP contribution in [0.3, 0.4) is 0 Å². The summed E-state index contributed by atoms with van der Waals surface area (Å²) in [7, 11) is -3.01. The van der Waals surface area contributed by atoms with Crippen molar-refractivity contribution in [3.05, 3.63) is 35.9 Å². The maximum atomic E-state index is 11.6. The molecule has 0 radical (unpaired) electrons. The van der Waals surface area contributed by atoms with E-state index in [1.807, 2.05) is 0 Å². The van der Waals surface area contributed by atoms with Crippen LogP contribution in [0.25, 0.3) is 0 Å². The van der Waals surface area contributed by atoms with Crippen molar-refractivity contribution in [1.29, 1.82) is 0 Å². The smallest absolute Gasteiger partial charge is 0.211 e. The number of piperidine rings is 1. The van der Waals surface area contributed by atoms with Gasteiger partial charge in [-0.1, -0.05) is 30.3 Å². The fourth-order valence-corrected chi connectivity index (χ4v) is 4.63. The number of nitrogens with zero attached hydrogens (tertiary/aromatic N) is 3. The molecule has 0 spiro atoms. The molecule has 2 aliphatic rings.